The normalized spacial score (nSPS) is 11.9. The van der Waals surface area contributed by atoms with Crippen molar-refractivity contribution in [2.75, 3.05) is 13.2 Å². The Morgan fingerprint density at radius 2 is 2.12 bits per heavy atom. The van der Waals surface area contributed by atoms with Crippen LogP contribution >= 0.6 is 11.6 Å². The Balaban J connectivity index is 2.43. The van der Waals surface area contributed by atoms with Crippen molar-refractivity contribution < 1.29 is 14.6 Å². The number of aliphatic hydroxyl groups is 1. The quantitative estimate of drug-likeness (QED) is 0.852. The maximum absolute atomic E-state index is 11.0. The van der Waals surface area contributed by atoms with E-state index in [0.29, 0.717) is 17.2 Å². The fraction of sp³-hybridized carbons (Fsp3) is 0.364. The van der Waals surface area contributed by atoms with Crippen molar-refractivity contribution >= 4 is 17.7 Å². The lowest BCUT2D eigenvalue weighted by atomic mass is 10.1. The van der Waals surface area contributed by atoms with Crippen molar-refractivity contribution in [3.8, 4) is 0 Å². The third-order valence-corrected chi connectivity index (χ3v) is 2.22. The van der Waals surface area contributed by atoms with E-state index in [0.717, 1.165) is 0 Å². The predicted molar refractivity (Wildman–Crippen MR) is 61.4 cm³/mol. The van der Waals surface area contributed by atoms with Gasteiger partial charge in [-0.3, -0.25) is 0 Å². The van der Waals surface area contributed by atoms with Gasteiger partial charge in [-0.05, 0) is 24.6 Å². The van der Waals surface area contributed by atoms with Crippen molar-refractivity contribution in [1.29, 1.82) is 0 Å². The molecule has 0 bridgehead atoms. The minimum Gasteiger partial charge on any atom is -0.450 e. The second kappa shape index (κ2) is 6.35. The molecule has 1 rings (SSSR count). The highest BCUT2D eigenvalue weighted by Crippen LogP contribution is 2.15. The van der Waals surface area contributed by atoms with E-state index < -0.39 is 12.2 Å². The number of hydrogen-bond donors (Lipinski definition) is 2. The number of amides is 1. The van der Waals surface area contributed by atoms with Crippen molar-refractivity contribution in [3.63, 3.8) is 0 Å². The molecule has 4 nitrogen and oxygen atoms in total. The molecule has 88 valence electrons. The Morgan fingerprint density at radius 3 is 2.69 bits per heavy atom. The first kappa shape index (κ1) is 12.8. The van der Waals surface area contributed by atoms with E-state index in [1.807, 2.05) is 0 Å². The van der Waals surface area contributed by atoms with Gasteiger partial charge in [0.25, 0.3) is 0 Å². The molecule has 0 aliphatic heterocycles. The van der Waals surface area contributed by atoms with Gasteiger partial charge in [0.15, 0.2) is 0 Å². The summed E-state index contributed by atoms with van der Waals surface area (Å²) in [7, 11) is 0. The molecule has 0 heterocycles. The highest BCUT2D eigenvalue weighted by molar-refractivity contribution is 6.30. The molecular formula is C11H14ClNO3. The molecule has 0 radical (unpaired) electrons. The average Bonchev–Trinajstić information content (AvgIpc) is 2.27. The summed E-state index contributed by atoms with van der Waals surface area (Å²) >= 11 is 5.71. The number of halogens is 1. The van der Waals surface area contributed by atoms with Gasteiger partial charge in [0.2, 0.25) is 0 Å². The average molecular weight is 244 g/mol. The highest BCUT2D eigenvalue weighted by atomic mass is 35.5. The Bertz CT molecular complexity index is 340. The van der Waals surface area contributed by atoms with Crippen LogP contribution < -0.4 is 5.32 Å². The standard InChI is InChI=1S/C11H14ClNO3/c1-2-16-11(15)13-7-10(14)8-3-5-9(12)6-4-8/h3-6,10,14H,2,7H2,1H3,(H,13,15). The summed E-state index contributed by atoms with van der Waals surface area (Å²) in [6.45, 7) is 2.14. The zero-order valence-corrected chi connectivity index (χ0v) is 9.70. The van der Waals surface area contributed by atoms with Gasteiger partial charge >= 0.3 is 6.09 Å². The van der Waals surface area contributed by atoms with Crippen molar-refractivity contribution in [3.05, 3.63) is 34.9 Å². The van der Waals surface area contributed by atoms with E-state index >= 15 is 0 Å². The molecule has 0 spiro atoms. The van der Waals surface area contributed by atoms with Crippen LogP contribution in [0.5, 0.6) is 0 Å². The van der Waals surface area contributed by atoms with Gasteiger partial charge in [0.1, 0.15) is 0 Å². The molecule has 5 heteroatoms. The molecule has 2 N–H and O–H groups in total. The summed E-state index contributed by atoms with van der Waals surface area (Å²) in [5.41, 5.74) is 0.696. The van der Waals surface area contributed by atoms with Crippen LogP contribution in [0.15, 0.2) is 24.3 Å². The minimum absolute atomic E-state index is 0.112. The van der Waals surface area contributed by atoms with Gasteiger partial charge in [0, 0.05) is 5.02 Å². The first-order valence-electron chi connectivity index (χ1n) is 4.97. The van der Waals surface area contributed by atoms with Gasteiger partial charge in [0.05, 0.1) is 19.3 Å². The van der Waals surface area contributed by atoms with Gasteiger partial charge < -0.3 is 15.2 Å². The molecule has 1 atom stereocenters. The van der Waals surface area contributed by atoms with E-state index in [4.69, 9.17) is 11.6 Å². The number of carbonyl (C=O) groups is 1. The number of nitrogens with one attached hydrogen (secondary N) is 1. The first-order chi connectivity index (χ1) is 7.63. The van der Waals surface area contributed by atoms with Gasteiger partial charge in [-0.15, -0.1) is 0 Å². The number of hydrogen-bond acceptors (Lipinski definition) is 3. The molecule has 0 saturated carbocycles. The Kier molecular flexibility index (Phi) is 5.08. The number of aliphatic hydroxyl groups excluding tert-OH is 1. The summed E-state index contributed by atoms with van der Waals surface area (Å²) in [4.78, 5) is 11.0. The third-order valence-electron chi connectivity index (χ3n) is 1.97. The van der Waals surface area contributed by atoms with Crippen LogP contribution in [0.3, 0.4) is 0 Å². The topological polar surface area (TPSA) is 58.6 Å². The largest absolute Gasteiger partial charge is 0.450 e. The number of benzene rings is 1. The number of alkyl carbamates (subject to hydrolysis) is 1. The van der Waals surface area contributed by atoms with Crippen LogP contribution in [0.1, 0.15) is 18.6 Å². The Hall–Kier alpha value is -1.26. The number of rotatable bonds is 4. The Morgan fingerprint density at radius 1 is 1.50 bits per heavy atom. The van der Waals surface area contributed by atoms with Crippen LogP contribution in [0.25, 0.3) is 0 Å². The molecule has 0 saturated heterocycles. The fourth-order valence-electron chi connectivity index (χ4n) is 1.16. The van der Waals surface area contributed by atoms with E-state index in [-0.39, 0.29) is 6.54 Å². The molecule has 1 aromatic carbocycles. The number of ether oxygens (including phenoxy) is 1. The minimum atomic E-state index is -0.762. The molecule has 0 fully saturated rings. The van der Waals surface area contributed by atoms with E-state index in [1.165, 1.54) is 0 Å². The van der Waals surface area contributed by atoms with E-state index in [1.54, 1.807) is 31.2 Å². The molecule has 1 aromatic rings. The SMILES string of the molecule is CCOC(=O)NCC(O)c1ccc(Cl)cc1. The molecule has 0 aliphatic rings. The molecule has 1 amide bonds. The van der Waals surface area contributed by atoms with Gasteiger partial charge in [-0.2, -0.15) is 0 Å². The van der Waals surface area contributed by atoms with E-state index in [2.05, 4.69) is 10.1 Å². The van der Waals surface area contributed by atoms with Crippen LogP contribution in [0.2, 0.25) is 5.02 Å². The molecule has 16 heavy (non-hydrogen) atoms. The second-order valence-corrected chi connectivity index (χ2v) is 3.61. The number of carbonyl (C=O) groups excluding carboxylic acids is 1. The molecule has 1 unspecified atom stereocenters. The predicted octanol–water partition coefficient (Wildman–Crippen LogP) is 2.12. The fourth-order valence-corrected chi connectivity index (χ4v) is 1.29. The molecular weight excluding hydrogens is 230 g/mol. The summed E-state index contributed by atoms with van der Waals surface area (Å²) in [6.07, 6.45) is -1.29. The summed E-state index contributed by atoms with van der Waals surface area (Å²) in [5, 5.41) is 12.8. The smallest absolute Gasteiger partial charge is 0.407 e. The molecule has 0 aromatic heterocycles. The first-order valence-corrected chi connectivity index (χ1v) is 5.35. The van der Waals surface area contributed by atoms with Crippen molar-refractivity contribution in [2.24, 2.45) is 0 Å². The monoisotopic (exact) mass is 243 g/mol. The van der Waals surface area contributed by atoms with Crippen LogP contribution in [0, 0.1) is 0 Å². The van der Waals surface area contributed by atoms with Crippen LogP contribution in [-0.2, 0) is 4.74 Å². The van der Waals surface area contributed by atoms with Gasteiger partial charge in [-0.1, -0.05) is 23.7 Å². The summed E-state index contributed by atoms with van der Waals surface area (Å²) in [5.74, 6) is 0. The molecule has 0 aliphatic carbocycles. The maximum Gasteiger partial charge on any atom is 0.407 e. The summed E-state index contributed by atoms with van der Waals surface area (Å²) < 4.78 is 4.66. The van der Waals surface area contributed by atoms with Crippen molar-refractivity contribution in [2.45, 2.75) is 13.0 Å². The van der Waals surface area contributed by atoms with E-state index in [9.17, 15) is 9.90 Å². The zero-order chi connectivity index (χ0) is 12.0. The lowest BCUT2D eigenvalue weighted by Gasteiger charge is -2.12. The second-order valence-electron chi connectivity index (χ2n) is 3.17. The third kappa shape index (κ3) is 4.08. The maximum atomic E-state index is 11.0. The summed E-state index contributed by atoms with van der Waals surface area (Å²) in [6, 6.07) is 6.79. The lowest BCUT2D eigenvalue weighted by molar-refractivity contribution is 0.135. The zero-order valence-electron chi connectivity index (χ0n) is 8.94. The Labute approximate surface area is 99.2 Å². The lowest BCUT2D eigenvalue weighted by Crippen LogP contribution is -2.28. The highest BCUT2D eigenvalue weighted by Gasteiger charge is 2.09. The van der Waals surface area contributed by atoms with Crippen molar-refractivity contribution in [1.82, 2.24) is 5.32 Å². The van der Waals surface area contributed by atoms with Crippen LogP contribution in [-0.4, -0.2) is 24.4 Å². The van der Waals surface area contributed by atoms with Crippen LogP contribution in [0.4, 0.5) is 4.79 Å². The van der Waals surface area contributed by atoms with Gasteiger partial charge in [-0.25, -0.2) is 4.79 Å².